The van der Waals surface area contributed by atoms with E-state index < -0.39 is 41.2 Å². The Morgan fingerprint density at radius 2 is 1.83 bits per heavy atom. The van der Waals surface area contributed by atoms with Crippen LogP contribution in [0, 0.1) is 0 Å². The van der Waals surface area contributed by atoms with Crippen LogP contribution < -0.4 is 16.4 Å². The quantitative estimate of drug-likeness (QED) is 0.417. The molecule has 2 aromatic rings. The van der Waals surface area contributed by atoms with Crippen LogP contribution in [0.1, 0.15) is 30.1 Å². The van der Waals surface area contributed by atoms with Crippen LogP contribution in [-0.2, 0) is 14.4 Å². The smallest absolute Gasteiger partial charge is 0.342 e. The van der Waals surface area contributed by atoms with Gasteiger partial charge >= 0.3 is 5.97 Å². The summed E-state index contributed by atoms with van der Waals surface area (Å²) in [6.45, 7) is 1.25. The molecule has 0 aliphatic rings. The molecule has 152 valence electrons. The Balaban J connectivity index is 2.11. The lowest BCUT2D eigenvalue weighted by Crippen LogP contribution is -2.43. The van der Waals surface area contributed by atoms with Crippen molar-refractivity contribution >= 4 is 29.4 Å². The van der Waals surface area contributed by atoms with Gasteiger partial charge in [-0.3, -0.25) is 14.4 Å². The van der Waals surface area contributed by atoms with E-state index in [1.54, 1.807) is 12.1 Å². The fourth-order valence-corrected chi connectivity index (χ4v) is 2.40. The number of carbonyl (C=O) groups is 4. The molecule has 11 heteroatoms. The number of nitrogens with two attached hydrogens (primary N) is 1. The maximum atomic E-state index is 12.4. The molecule has 1 aromatic carbocycles. The number of hydrogen-bond acceptors (Lipinski definition) is 7. The zero-order valence-corrected chi connectivity index (χ0v) is 15.4. The van der Waals surface area contributed by atoms with Gasteiger partial charge < -0.3 is 26.6 Å². The van der Waals surface area contributed by atoms with Crippen molar-refractivity contribution in [2.24, 2.45) is 5.73 Å². The van der Waals surface area contributed by atoms with E-state index in [-0.39, 0.29) is 18.7 Å². The van der Waals surface area contributed by atoms with Gasteiger partial charge in [0.1, 0.15) is 11.6 Å². The van der Waals surface area contributed by atoms with Gasteiger partial charge in [0.2, 0.25) is 23.6 Å². The summed E-state index contributed by atoms with van der Waals surface area (Å²) in [5, 5.41) is 23.6. The average Bonchev–Trinajstić information content (AvgIpc) is 2.64. The summed E-state index contributed by atoms with van der Waals surface area (Å²) in [7, 11) is 0. The molecule has 0 radical (unpaired) electrons. The topological polar surface area (TPSA) is 185 Å². The number of carboxylic acid groups (broad SMARTS) is 1. The Hall–Kier alpha value is -4.02. The number of aromatic nitrogens is 2. The van der Waals surface area contributed by atoms with E-state index in [0.717, 1.165) is 6.20 Å². The zero-order valence-electron chi connectivity index (χ0n) is 15.4. The van der Waals surface area contributed by atoms with Crippen molar-refractivity contribution in [2.45, 2.75) is 25.8 Å². The Kier molecular flexibility index (Phi) is 6.80. The second-order valence-corrected chi connectivity index (χ2v) is 6.06. The van der Waals surface area contributed by atoms with Gasteiger partial charge in [-0.25, -0.2) is 9.78 Å². The van der Waals surface area contributed by atoms with Crippen molar-refractivity contribution in [1.29, 1.82) is 0 Å². The molecular weight excluding hydrogens is 382 g/mol. The minimum atomic E-state index is -1.35. The van der Waals surface area contributed by atoms with Gasteiger partial charge in [0.25, 0.3) is 0 Å². The van der Waals surface area contributed by atoms with Crippen molar-refractivity contribution in [3.63, 3.8) is 0 Å². The number of carboxylic acids is 1. The van der Waals surface area contributed by atoms with E-state index in [9.17, 15) is 24.3 Å². The van der Waals surface area contributed by atoms with Gasteiger partial charge in [-0.2, -0.15) is 4.98 Å². The van der Waals surface area contributed by atoms with E-state index in [1.165, 1.54) is 19.1 Å². The molecule has 11 nitrogen and oxygen atoms in total. The first-order chi connectivity index (χ1) is 13.7. The van der Waals surface area contributed by atoms with Crippen LogP contribution in [0.2, 0.25) is 0 Å². The third kappa shape index (κ3) is 5.99. The van der Waals surface area contributed by atoms with Crippen molar-refractivity contribution < 1.29 is 29.4 Å². The fourth-order valence-electron chi connectivity index (χ4n) is 2.40. The summed E-state index contributed by atoms with van der Waals surface area (Å²) in [4.78, 5) is 53.1. The highest BCUT2D eigenvalue weighted by atomic mass is 16.4. The van der Waals surface area contributed by atoms with Gasteiger partial charge in [0, 0.05) is 30.8 Å². The van der Waals surface area contributed by atoms with Gasteiger partial charge in [-0.1, -0.05) is 0 Å². The Bertz CT molecular complexity index is 944. The maximum Gasteiger partial charge on any atom is 0.342 e. The third-order valence-corrected chi connectivity index (χ3v) is 3.78. The zero-order chi connectivity index (χ0) is 21.6. The van der Waals surface area contributed by atoms with Crippen molar-refractivity contribution in [3.05, 3.63) is 36.0 Å². The molecule has 0 bridgehead atoms. The second kappa shape index (κ2) is 9.26. The summed E-state index contributed by atoms with van der Waals surface area (Å²) < 4.78 is 0. The van der Waals surface area contributed by atoms with Crippen LogP contribution in [0.15, 0.2) is 30.5 Å². The molecule has 0 aliphatic heterocycles. The number of amides is 3. The van der Waals surface area contributed by atoms with Crippen LogP contribution in [0.5, 0.6) is 5.88 Å². The predicted octanol–water partition coefficient (Wildman–Crippen LogP) is 0.256. The maximum absolute atomic E-state index is 12.4. The summed E-state index contributed by atoms with van der Waals surface area (Å²) >= 11 is 0. The van der Waals surface area contributed by atoms with E-state index in [2.05, 4.69) is 20.6 Å². The normalized spacial score (nSPS) is 11.3. The number of hydrogen-bond donors (Lipinski definition) is 5. The number of primary amides is 1. The molecule has 6 N–H and O–H groups in total. The van der Waals surface area contributed by atoms with Gasteiger partial charge in [0.15, 0.2) is 5.82 Å². The molecule has 3 amide bonds. The SMILES string of the molecule is CC(=O)NC(CCC(N)=O)C(=O)Nc1ccc(-c2ncc(C(=O)O)c(O)n2)cc1. The van der Waals surface area contributed by atoms with Crippen molar-refractivity contribution in [3.8, 4) is 17.3 Å². The first-order valence-electron chi connectivity index (χ1n) is 8.43. The number of anilines is 1. The van der Waals surface area contributed by atoms with Crippen LogP contribution in [0.3, 0.4) is 0 Å². The largest absolute Gasteiger partial charge is 0.493 e. The number of aromatic carboxylic acids is 1. The summed E-state index contributed by atoms with van der Waals surface area (Å²) in [5.41, 5.74) is 5.55. The molecular formula is C18H19N5O6. The molecule has 0 saturated heterocycles. The minimum absolute atomic E-state index is 0.0574. The van der Waals surface area contributed by atoms with Gasteiger partial charge in [-0.05, 0) is 30.7 Å². The molecule has 0 fully saturated rings. The molecule has 1 unspecified atom stereocenters. The number of nitrogens with one attached hydrogen (secondary N) is 2. The standard InChI is InChI=1S/C18H19N5O6/c1-9(24)21-13(6-7-14(19)25)17(27)22-11-4-2-10(3-5-11)15-20-8-12(18(28)29)16(26)23-15/h2-5,8,13H,6-7H2,1H3,(H2,19,25)(H,21,24)(H,22,27)(H,28,29)(H,20,23,26). The molecule has 1 heterocycles. The highest BCUT2D eigenvalue weighted by molar-refractivity contribution is 5.97. The van der Waals surface area contributed by atoms with E-state index >= 15 is 0 Å². The number of benzene rings is 1. The van der Waals surface area contributed by atoms with Crippen LogP contribution in [0.4, 0.5) is 5.69 Å². The van der Waals surface area contributed by atoms with E-state index in [0.29, 0.717) is 11.3 Å². The van der Waals surface area contributed by atoms with Crippen LogP contribution in [-0.4, -0.2) is 49.9 Å². The molecule has 0 aliphatic carbocycles. The number of carbonyl (C=O) groups excluding carboxylic acids is 3. The van der Waals surface area contributed by atoms with Gasteiger partial charge in [-0.15, -0.1) is 0 Å². The third-order valence-electron chi connectivity index (χ3n) is 3.78. The first kappa shape index (κ1) is 21.3. The van der Waals surface area contributed by atoms with Crippen LogP contribution >= 0.6 is 0 Å². The molecule has 1 atom stereocenters. The summed E-state index contributed by atoms with van der Waals surface area (Å²) in [5.74, 6) is -3.44. The monoisotopic (exact) mass is 401 g/mol. The Morgan fingerprint density at radius 3 is 2.34 bits per heavy atom. The average molecular weight is 401 g/mol. The summed E-state index contributed by atoms with van der Waals surface area (Å²) in [6, 6.07) is 5.27. The fraction of sp³-hybridized carbons (Fsp3) is 0.222. The lowest BCUT2D eigenvalue weighted by molar-refractivity contribution is -0.126. The van der Waals surface area contributed by atoms with Crippen LogP contribution in [0.25, 0.3) is 11.4 Å². The Labute approximate surface area is 165 Å². The van der Waals surface area contributed by atoms with Crippen molar-refractivity contribution in [1.82, 2.24) is 15.3 Å². The predicted molar refractivity (Wildman–Crippen MR) is 101 cm³/mol. The molecule has 0 spiro atoms. The number of rotatable bonds is 8. The highest BCUT2D eigenvalue weighted by Gasteiger charge is 2.20. The van der Waals surface area contributed by atoms with Crippen molar-refractivity contribution in [2.75, 3.05) is 5.32 Å². The molecule has 29 heavy (non-hydrogen) atoms. The Morgan fingerprint density at radius 1 is 1.17 bits per heavy atom. The first-order valence-corrected chi connectivity index (χ1v) is 8.43. The molecule has 1 aromatic heterocycles. The second-order valence-electron chi connectivity index (χ2n) is 6.06. The lowest BCUT2D eigenvalue weighted by atomic mass is 10.1. The number of nitrogens with zero attached hydrogens (tertiary/aromatic N) is 2. The molecule has 2 rings (SSSR count). The lowest BCUT2D eigenvalue weighted by Gasteiger charge is -2.17. The molecule has 0 saturated carbocycles. The summed E-state index contributed by atoms with van der Waals surface area (Å²) in [6.07, 6.45) is 0.985. The highest BCUT2D eigenvalue weighted by Crippen LogP contribution is 2.22. The number of aromatic hydroxyl groups is 1. The van der Waals surface area contributed by atoms with E-state index in [1.807, 2.05) is 0 Å². The minimum Gasteiger partial charge on any atom is -0.493 e. The van der Waals surface area contributed by atoms with Gasteiger partial charge in [0.05, 0.1) is 0 Å². The van der Waals surface area contributed by atoms with E-state index in [4.69, 9.17) is 10.8 Å².